The van der Waals surface area contributed by atoms with Gasteiger partial charge in [-0.1, -0.05) is 12.1 Å². The lowest BCUT2D eigenvalue weighted by Gasteiger charge is -2.17. The predicted octanol–water partition coefficient (Wildman–Crippen LogP) is 2.02. The topological polar surface area (TPSA) is 72.2 Å². The van der Waals surface area contributed by atoms with Gasteiger partial charge in [0.1, 0.15) is 0 Å². The smallest absolute Gasteiger partial charge is 0.253 e. The minimum absolute atomic E-state index is 0.00147. The molecule has 1 aromatic heterocycles. The zero-order valence-electron chi connectivity index (χ0n) is 11.8. The van der Waals surface area contributed by atoms with Crippen LogP contribution in [0, 0.1) is 0 Å². The lowest BCUT2D eigenvalue weighted by atomic mass is 10.1. The number of hydrogen-bond acceptors (Lipinski definition) is 5. The van der Waals surface area contributed by atoms with Gasteiger partial charge < -0.3 is 5.32 Å². The van der Waals surface area contributed by atoms with Crippen molar-refractivity contribution >= 4 is 23.3 Å². The number of aliphatic imine (C=N–C) groups is 1. The molecule has 3 rings (SSSR count). The van der Waals surface area contributed by atoms with Crippen LogP contribution in [0.15, 0.2) is 41.7 Å². The standard InChI is InChI=1S/C15H15N5OS/c21-15(19-13-6-3-5-12(13)16-10-22)11-4-1-2-7-14(11)20-17-8-9-18-20/h1-2,4,7-9,12-13H,3,5-6H2,(H,19,21)/t12-,13+/m0/s1. The molecule has 1 heterocycles. The van der Waals surface area contributed by atoms with Crippen LogP contribution in [0.3, 0.4) is 0 Å². The van der Waals surface area contributed by atoms with Crippen LogP contribution in [0.2, 0.25) is 0 Å². The van der Waals surface area contributed by atoms with Crippen LogP contribution < -0.4 is 5.32 Å². The third-order valence-electron chi connectivity index (χ3n) is 3.80. The van der Waals surface area contributed by atoms with Gasteiger partial charge in [-0.2, -0.15) is 15.0 Å². The van der Waals surface area contributed by atoms with Crippen molar-refractivity contribution in [2.45, 2.75) is 31.3 Å². The molecule has 0 unspecified atom stereocenters. The zero-order valence-corrected chi connectivity index (χ0v) is 12.7. The van der Waals surface area contributed by atoms with Gasteiger partial charge in [0.2, 0.25) is 0 Å². The summed E-state index contributed by atoms with van der Waals surface area (Å²) in [5, 5.41) is 13.6. The van der Waals surface area contributed by atoms with Gasteiger partial charge in [0.25, 0.3) is 5.91 Å². The first-order chi connectivity index (χ1) is 10.8. The Balaban J connectivity index is 1.83. The van der Waals surface area contributed by atoms with Crippen LogP contribution in [0.25, 0.3) is 5.69 Å². The quantitative estimate of drug-likeness (QED) is 0.692. The van der Waals surface area contributed by atoms with E-state index in [9.17, 15) is 4.79 Å². The molecule has 2 atom stereocenters. The van der Waals surface area contributed by atoms with Gasteiger partial charge in [-0.25, -0.2) is 4.99 Å². The van der Waals surface area contributed by atoms with Gasteiger partial charge in [-0.15, -0.1) is 0 Å². The summed E-state index contributed by atoms with van der Waals surface area (Å²) in [4.78, 5) is 18.2. The third-order valence-corrected chi connectivity index (χ3v) is 3.90. The Bertz CT molecular complexity index is 708. The maximum absolute atomic E-state index is 12.6. The second-order valence-electron chi connectivity index (χ2n) is 5.13. The van der Waals surface area contributed by atoms with Gasteiger partial charge in [0.05, 0.1) is 40.9 Å². The molecule has 0 radical (unpaired) electrons. The Hall–Kier alpha value is -2.37. The molecule has 1 N–H and O–H groups in total. The highest BCUT2D eigenvalue weighted by Gasteiger charge is 2.29. The van der Waals surface area contributed by atoms with Crippen molar-refractivity contribution in [1.82, 2.24) is 20.3 Å². The third kappa shape index (κ3) is 2.95. The average Bonchev–Trinajstić information content (AvgIpc) is 3.20. The summed E-state index contributed by atoms with van der Waals surface area (Å²) < 4.78 is 0. The number of thiocarbonyl (C=S) groups is 1. The molecule has 1 aromatic carbocycles. The number of carbonyl (C=O) groups is 1. The molecule has 1 aliphatic rings. The number of carbonyl (C=O) groups excluding carboxylic acids is 1. The molecule has 1 saturated carbocycles. The molecule has 7 heteroatoms. The number of nitrogens with zero attached hydrogens (tertiary/aromatic N) is 4. The summed E-state index contributed by atoms with van der Waals surface area (Å²) in [6, 6.07) is 7.28. The second-order valence-corrected chi connectivity index (χ2v) is 5.32. The number of aromatic nitrogens is 3. The Morgan fingerprint density at radius 2 is 2.09 bits per heavy atom. The molecule has 112 valence electrons. The van der Waals surface area contributed by atoms with E-state index in [1.54, 1.807) is 18.5 Å². The van der Waals surface area contributed by atoms with Crippen molar-refractivity contribution < 1.29 is 4.79 Å². The highest BCUT2D eigenvalue weighted by Crippen LogP contribution is 2.23. The molecule has 2 aromatic rings. The predicted molar refractivity (Wildman–Crippen MR) is 85.3 cm³/mol. The summed E-state index contributed by atoms with van der Waals surface area (Å²) >= 11 is 4.67. The summed E-state index contributed by atoms with van der Waals surface area (Å²) in [5.74, 6) is -0.149. The average molecular weight is 313 g/mol. The Labute approximate surface area is 133 Å². The van der Waals surface area contributed by atoms with Crippen LogP contribution in [-0.2, 0) is 0 Å². The first-order valence-electron chi connectivity index (χ1n) is 7.13. The van der Waals surface area contributed by atoms with Crippen molar-refractivity contribution in [3.8, 4) is 5.69 Å². The summed E-state index contributed by atoms with van der Waals surface area (Å²) in [6.45, 7) is 0. The van der Waals surface area contributed by atoms with Crippen molar-refractivity contribution in [3.05, 3.63) is 42.2 Å². The fraction of sp³-hybridized carbons (Fsp3) is 0.333. The minimum Gasteiger partial charge on any atom is -0.347 e. The molecular formula is C15H15N5OS. The Kier molecular flexibility index (Phi) is 4.37. The van der Waals surface area contributed by atoms with Crippen LogP contribution in [0.1, 0.15) is 29.6 Å². The van der Waals surface area contributed by atoms with Gasteiger partial charge in [-0.3, -0.25) is 4.79 Å². The number of rotatable bonds is 4. The van der Waals surface area contributed by atoms with Crippen molar-refractivity contribution in [2.75, 3.05) is 0 Å². The van der Waals surface area contributed by atoms with Gasteiger partial charge in [-0.05, 0) is 43.6 Å². The van der Waals surface area contributed by atoms with Crippen molar-refractivity contribution in [2.24, 2.45) is 4.99 Å². The maximum atomic E-state index is 12.6. The minimum atomic E-state index is -0.149. The first kappa shape index (κ1) is 14.6. The number of hydrogen-bond donors (Lipinski definition) is 1. The maximum Gasteiger partial charge on any atom is 0.253 e. The van der Waals surface area contributed by atoms with E-state index in [1.807, 2.05) is 18.2 Å². The second kappa shape index (κ2) is 6.60. The molecule has 0 saturated heterocycles. The van der Waals surface area contributed by atoms with Crippen molar-refractivity contribution in [1.29, 1.82) is 0 Å². The lowest BCUT2D eigenvalue weighted by Crippen LogP contribution is -2.39. The number of nitrogens with one attached hydrogen (secondary N) is 1. The van der Waals surface area contributed by atoms with Crippen LogP contribution in [-0.4, -0.2) is 38.1 Å². The number of isothiocyanates is 1. The van der Waals surface area contributed by atoms with E-state index in [0.717, 1.165) is 19.3 Å². The van der Waals surface area contributed by atoms with E-state index in [1.165, 1.54) is 4.80 Å². The normalized spacial score (nSPS) is 20.4. The van der Waals surface area contributed by atoms with E-state index >= 15 is 0 Å². The van der Waals surface area contributed by atoms with E-state index in [-0.39, 0.29) is 18.0 Å². The molecule has 1 aliphatic carbocycles. The molecular weight excluding hydrogens is 298 g/mol. The summed E-state index contributed by atoms with van der Waals surface area (Å²) in [5.41, 5.74) is 1.19. The molecule has 0 aliphatic heterocycles. The first-order valence-corrected chi connectivity index (χ1v) is 7.54. The Morgan fingerprint density at radius 1 is 1.32 bits per heavy atom. The number of amides is 1. The van der Waals surface area contributed by atoms with E-state index < -0.39 is 0 Å². The molecule has 0 spiro atoms. The SMILES string of the molecule is O=C(N[C@@H]1CCC[C@@H]1N=C=S)c1ccccc1-n1nccn1. The van der Waals surface area contributed by atoms with E-state index in [0.29, 0.717) is 11.3 Å². The molecule has 22 heavy (non-hydrogen) atoms. The highest BCUT2D eigenvalue weighted by atomic mass is 32.1. The molecule has 6 nitrogen and oxygen atoms in total. The van der Waals surface area contributed by atoms with Gasteiger partial charge in [0, 0.05) is 0 Å². The molecule has 1 fully saturated rings. The monoisotopic (exact) mass is 313 g/mol. The fourth-order valence-corrected chi connectivity index (χ4v) is 2.89. The zero-order chi connectivity index (χ0) is 15.4. The Morgan fingerprint density at radius 3 is 2.86 bits per heavy atom. The van der Waals surface area contributed by atoms with E-state index in [2.05, 4.69) is 37.9 Å². The summed E-state index contributed by atoms with van der Waals surface area (Å²) in [7, 11) is 0. The van der Waals surface area contributed by atoms with Crippen LogP contribution in [0.5, 0.6) is 0 Å². The van der Waals surface area contributed by atoms with Crippen LogP contribution in [0.4, 0.5) is 0 Å². The van der Waals surface area contributed by atoms with Crippen molar-refractivity contribution in [3.63, 3.8) is 0 Å². The largest absolute Gasteiger partial charge is 0.347 e. The lowest BCUT2D eigenvalue weighted by molar-refractivity contribution is 0.0934. The van der Waals surface area contributed by atoms with Gasteiger partial charge in [0.15, 0.2) is 0 Å². The van der Waals surface area contributed by atoms with E-state index in [4.69, 9.17) is 0 Å². The highest BCUT2D eigenvalue weighted by molar-refractivity contribution is 7.78. The molecule has 0 bridgehead atoms. The van der Waals surface area contributed by atoms with Gasteiger partial charge >= 0.3 is 0 Å². The number of benzene rings is 1. The molecule has 1 amide bonds. The van der Waals surface area contributed by atoms with Crippen LogP contribution >= 0.6 is 12.2 Å². The number of para-hydroxylation sites is 1. The summed E-state index contributed by atoms with van der Waals surface area (Å²) in [6.07, 6.45) is 6.01. The fourth-order valence-electron chi connectivity index (χ4n) is 2.76.